The molecule has 0 spiro atoms. The van der Waals surface area contributed by atoms with Gasteiger partial charge in [-0.2, -0.15) is 5.26 Å². The second-order valence-electron chi connectivity index (χ2n) is 10.3. The molecule has 1 aliphatic rings. The summed E-state index contributed by atoms with van der Waals surface area (Å²) in [5, 5.41) is 19.0. The fourth-order valence-corrected chi connectivity index (χ4v) is 5.83. The highest BCUT2D eigenvalue weighted by molar-refractivity contribution is 14.1. The lowest BCUT2D eigenvalue weighted by Gasteiger charge is -2.25. The van der Waals surface area contributed by atoms with Gasteiger partial charge in [-0.1, -0.05) is 72.7 Å². The summed E-state index contributed by atoms with van der Waals surface area (Å²) in [6, 6.07) is 18.5. The number of nitriles is 1. The maximum Gasteiger partial charge on any atom is 0.253 e. The van der Waals surface area contributed by atoms with Crippen LogP contribution in [0.4, 0.5) is 0 Å². The zero-order valence-electron chi connectivity index (χ0n) is 22.4. The molecule has 4 rings (SSSR count). The smallest absolute Gasteiger partial charge is 0.253 e. The third kappa shape index (κ3) is 6.26. The highest BCUT2D eigenvalue weighted by Crippen LogP contribution is 2.42. The van der Waals surface area contributed by atoms with Gasteiger partial charge in [0, 0.05) is 31.3 Å². The van der Waals surface area contributed by atoms with E-state index in [4.69, 9.17) is 9.15 Å². The molecule has 2 aromatic carbocycles. The van der Waals surface area contributed by atoms with Crippen molar-refractivity contribution in [2.24, 2.45) is 0 Å². The number of hydrogen-bond donors (Lipinski definition) is 0. The highest BCUT2D eigenvalue weighted by atomic mass is 127. The minimum absolute atomic E-state index is 0.0827. The fourth-order valence-electron chi connectivity index (χ4n) is 5.17. The number of alkyl halides is 1. The van der Waals surface area contributed by atoms with Crippen LogP contribution in [0, 0.1) is 11.3 Å². The van der Waals surface area contributed by atoms with Gasteiger partial charge in [-0.05, 0) is 61.9 Å². The quantitative estimate of drug-likeness (QED) is 0.179. The number of methoxy groups -OCH3 is 1. The Kier molecular flexibility index (Phi) is 9.21. The van der Waals surface area contributed by atoms with E-state index in [1.54, 1.807) is 12.0 Å². The van der Waals surface area contributed by atoms with Gasteiger partial charge >= 0.3 is 0 Å². The lowest BCUT2D eigenvalue weighted by atomic mass is 9.79. The Morgan fingerprint density at radius 1 is 1.18 bits per heavy atom. The minimum atomic E-state index is -0.610. The predicted octanol–water partition coefficient (Wildman–Crippen LogP) is 6.46. The second kappa shape index (κ2) is 12.4. The van der Waals surface area contributed by atoms with Crippen LogP contribution in [0.5, 0.6) is 0 Å². The zero-order chi connectivity index (χ0) is 27.2. The number of benzene rings is 2. The van der Waals surface area contributed by atoms with Crippen molar-refractivity contribution in [3.8, 4) is 17.5 Å². The van der Waals surface area contributed by atoms with E-state index >= 15 is 0 Å². The molecule has 0 aliphatic heterocycles. The number of rotatable bonds is 11. The number of ether oxygens (including phenoxy) is 1. The molecule has 1 aromatic heterocycles. The molecular weight excluding hydrogens is 591 g/mol. The van der Waals surface area contributed by atoms with Gasteiger partial charge in [0.25, 0.3) is 5.91 Å². The van der Waals surface area contributed by atoms with Crippen molar-refractivity contribution in [3.63, 3.8) is 0 Å². The number of hydrogen-bond acceptors (Lipinski definition) is 6. The van der Waals surface area contributed by atoms with Crippen molar-refractivity contribution in [3.05, 3.63) is 71.1 Å². The van der Waals surface area contributed by atoms with Crippen molar-refractivity contribution >= 4 is 28.5 Å². The SMILES string of the molecule is CCCN(CCOC)C(=O)c1cc(-c2nnc([C@](C)(I)Cc3ccccc3)o2)cc(C2(C#N)CCCC2)c1. The Bertz CT molecular complexity index is 1280. The van der Waals surface area contributed by atoms with Gasteiger partial charge in [0.1, 0.15) is 3.42 Å². The van der Waals surface area contributed by atoms with Crippen LogP contribution in [0.25, 0.3) is 11.5 Å². The van der Waals surface area contributed by atoms with Crippen molar-refractivity contribution < 1.29 is 13.9 Å². The summed E-state index contributed by atoms with van der Waals surface area (Å²) in [5.41, 5.74) is 2.62. The molecule has 1 amide bonds. The first-order chi connectivity index (χ1) is 18.3. The van der Waals surface area contributed by atoms with Crippen LogP contribution in [-0.2, 0) is 20.0 Å². The van der Waals surface area contributed by atoms with Gasteiger partial charge in [-0.15, -0.1) is 10.2 Å². The van der Waals surface area contributed by atoms with E-state index in [-0.39, 0.29) is 5.91 Å². The van der Waals surface area contributed by atoms with E-state index in [1.165, 1.54) is 5.56 Å². The summed E-state index contributed by atoms with van der Waals surface area (Å²) in [6.07, 6.45) is 5.12. The molecule has 0 N–H and O–H groups in total. The summed E-state index contributed by atoms with van der Waals surface area (Å²) in [5.74, 6) is 0.802. The normalized spacial score (nSPS) is 16.1. The Balaban J connectivity index is 1.73. The van der Waals surface area contributed by atoms with Gasteiger partial charge in [0.2, 0.25) is 11.8 Å². The standard InChI is InChI=1S/C30H35IN4O3/c1-4-14-35(15-16-37-3)27(36)24-17-23(18-25(19-24)30(21-32)12-8-9-13-30)26-33-34-28(38-26)29(2,31)20-22-10-6-5-7-11-22/h5-7,10-11,17-19H,4,8-9,12-16,20H2,1-3H3/t29-/m1/s1. The molecule has 7 nitrogen and oxygen atoms in total. The molecule has 200 valence electrons. The van der Waals surface area contributed by atoms with E-state index < -0.39 is 8.84 Å². The van der Waals surface area contributed by atoms with E-state index in [1.807, 2.05) is 36.4 Å². The molecule has 38 heavy (non-hydrogen) atoms. The van der Waals surface area contributed by atoms with Crippen LogP contribution in [0.3, 0.4) is 0 Å². The predicted molar refractivity (Wildman–Crippen MR) is 155 cm³/mol. The van der Waals surface area contributed by atoms with Gasteiger partial charge in [-0.3, -0.25) is 4.79 Å². The number of amides is 1. The van der Waals surface area contributed by atoms with Crippen LogP contribution in [0.15, 0.2) is 52.9 Å². The first-order valence-corrected chi connectivity index (χ1v) is 14.3. The van der Waals surface area contributed by atoms with Crippen LogP contribution < -0.4 is 0 Å². The maximum absolute atomic E-state index is 13.7. The van der Waals surface area contributed by atoms with E-state index in [2.05, 4.69) is 64.8 Å². The zero-order valence-corrected chi connectivity index (χ0v) is 24.5. The number of carbonyl (C=O) groups is 1. The molecule has 0 saturated heterocycles. The van der Waals surface area contributed by atoms with E-state index in [0.29, 0.717) is 42.6 Å². The molecule has 0 bridgehead atoms. The lowest BCUT2D eigenvalue weighted by molar-refractivity contribution is 0.0695. The monoisotopic (exact) mass is 626 g/mol. The van der Waals surface area contributed by atoms with Gasteiger partial charge in [-0.25, -0.2) is 0 Å². The Morgan fingerprint density at radius 2 is 1.92 bits per heavy atom. The number of aromatic nitrogens is 2. The number of carbonyl (C=O) groups excluding carboxylic acids is 1. The maximum atomic E-state index is 13.7. The van der Waals surface area contributed by atoms with Crippen molar-refractivity contribution in [1.29, 1.82) is 5.26 Å². The first kappa shape index (κ1) is 28.2. The highest BCUT2D eigenvalue weighted by Gasteiger charge is 2.37. The molecule has 3 aromatic rings. The Hall–Kier alpha value is -2.77. The molecule has 1 atom stereocenters. The number of halogens is 1. The third-order valence-corrected chi connectivity index (χ3v) is 8.09. The number of nitrogens with zero attached hydrogens (tertiary/aromatic N) is 4. The summed E-state index contributed by atoms with van der Waals surface area (Å²) in [7, 11) is 1.63. The van der Waals surface area contributed by atoms with Crippen molar-refractivity contribution in [2.45, 2.75) is 61.2 Å². The van der Waals surface area contributed by atoms with Gasteiger partial charge in [0.15, 0.2) is 0 Å². The Morgan fingerprint density at radius 3 is 2.58 bits per heavy atom. The van der Waals surface area contributed by atoms with Gasteiger partial charge < -0.3 is 14.1 Å². The molecule has 0 unspecified atom stereocenters. The molecule has 1 aliphatic carbocycles. The molecule has 8 heteroatoms. The Labute approximate surface area is 238 Å². The molecule has 1 saturated carbocycles. The third-order valence-electron chi connectivity index (χ3n) is 7.25. The largest absolute Gasteiger partial charge is 0.419 e. The lowest BCUT2D eigenvalue weighted by Crippen LogP contribution is -2.35. The summed E-state index contributed by atoms with van der Waals surface area (Å²) in [6.45, 7) is 5.72. The fraction of sp³-hybridized carbons (Fsp3) is 0.467. The average molecular weight is 627 g/mol. The topological polar surface area (TPSA) is 92.2 Å². The van der Waals surface area contributed by atoms with Crippen molar-refractivity contribution in [1.82, 2.24) is 15.1 Å². The summed E-state index contributed by atoms with van der Waals surface area (Å²) in [4.78, 5) is 15.5. The van der Waals surface area contributed by atoms with Crippen LogP contribution in [-0.4, -0.2) is 47.8 Å². The molecule has 1 fully saturated rings. The average Bonchev–Trinajstić information content (AvgIpc) is 3.62. The van der Waals surface area contributed by atoms with Crippen molar-refractivity contribution in [2.75, 3.05) is 26.8 Å². The molecule has 1 heterocycles. The van der Waals surface area contributed by atoms with Gasteiger partial charge in [0.05, 0.1) is 18.1 Å². The van der Waals surface area contributed by atoms with E-state index in [9.17, 15) is 10.1 Å². The minimum Gasteiger partial charge on any atom is -0.419 e. The molecular formula is C30H35IN4O3. The van der Waals surface area contributed by atoms with E-state index in [0.717, 1.165) is 44.1 Å². The van der Waals surface area contributed by atoms with Crippen LogP contribution in [0.2, 0.25) is 0 Å². The summed E-state index contributed by atoms with van der Waals surface area (Å²) < 4.78 is 11.1. The van der Waals surface area contributed by atoms with Crippen LogP contribution in [0.1, 0.15) is 73.3 Å². The van der Waals surface area contributed by atoms with Crippen LogP contribution >= 0.6 is 22.6 Å². The first-order valence-electron chi connectivity index (χ1n) is 13.2. The molecule has 0 radical (unpaired) electrons. The summed E-state index contributed by atoms with van der Waals surface area (Å²) >= 11 is 2.36. The second-order valence-corrected chi connectivity index (χ2v) is 12.6.